The molecule has 0 aliphatic rings. The number of amides is 2. The third kappa shape index (κ3) is 5.91. The fourth-order valence-electron chi connectivity index (χ4n) is 1.44. The second-order valence-electron chi connectivity index (χ2n) is 4.23. The summed E-state index contributed by atoms with van der Waals surface area (Å²) >= 11 is 0. The van der Waals surface area contributed by atoms with Crippen LogP contribution in [0, 0.1) is 0 Å². The van der Waals surface area contributed by atoms with E-state index in [1.807, 2.05) is 13.0 Å². The average Bonchev–Trinajstić information content (AvgIpc) is 2.86. The third-order valence-electron chi connectivity index (χ3n) is 2.52. The lowest BCUT2D eigenvalue weighted by atomic mass is 10.1. The molecule has 4 N–H and O–H groups in total. The molecule has 0 bridgehead atoms. The molecule has 2 unspecified atom stereocenters. The third-order valence-corrected chi connectivity index (χ3v) is 2.52. The Morgan fingerprint density at radius 3 is 2.79 bits per heavy atom. The molecular formula is C12H18N2O5. The Balaban J connectivity index is 2.18. The van der Waals surface area contributed by atoms with E-state index in [9.17, 15) is 9.59 Å². The summed E-state index contributed by atoms with van der Waals surface area (Å²) in [5.41, 5.74) is 0. The maximum Gasteiger partial charge on any atom is 0.334 e. The van der Waals surface area contributed by atoms with Gasteiger partial charge in [0.1, 0.15) is 5.76 Å². The van der Waals surface area contributed by atoms with Gasteiger partial charge in [0.05, 0.1) is 12.8 Å². The summed E-state index contributed by atoms with van der Waals surface area (Å²) in [6, 6.07) is 3.06. The first-order chi connectivity index (χ1) is 8.99. The van der Waals surface area contributed by atoms with Gasteiger partial charge in [-0.3, -0.25) is 0 Å². The molecule has 0 radical (unpaired) electrons. The zero-order valence-corrected chi connectivity index (χ0v) is 10.6. The molecular weight excluding hydrogens is 252 g/mol. The smallest absolute Gasteiger partial charge is 0.334 e. The highest BCUT2D eigenvalue weighted by atomic mass is 16.4. The van der Waals surface area contributed by atoms with Gasteiger partial charge in [-0.2, -0.15) is 0 Å². The molecule has 0 aliphatic heterocycles. The van der Waals surface area contributed by atoms with Crippen LogP contribution in [0.25, 0.3) is 0 Å². The monoisotopic (exact) mass is 270 g/mol. The predicted octanol–water partition coefficient (Wildman–Crippen LogP) is 0.345. The number of furan rings is 1. The lowest BCUT2D eigenvalue weighted by Gasteiger charge is -2.14. The molecule has 19 heavy (non-hydrogen) atoms. The molecule has 2 atom stereocenters. The van der Waals surface area contributed by atoms with E-state index in [1.54, 1.807) is 12.3 Å². The first-order valence-electron chi connectivity index (χ1n) is 5.96. The van der Waals surface area contributed by atoms with Crippen LogP contribution >= 0.6 is 0 Å². The van der Waals surface area contributed by atoms with E-state index in [2.05, 4.69) is 10.6 Å². The summed E-state index contributed by atoms with van der Waals surface area (Å²) in [7, 11) is 0. The van der Waals surface area contributed by atoms with Gasteiger partial charge < -0.3 is 25.3 Å². The molecule has 1 aromatic heterocycles. The van der Waals surface area contributed by atoms with Crippen LogP contribution < -0.4 is 10.6 Å². The highest BCUT2D eigenvalue weighted by Gasteiger charge is 2.14. The number of carbonyl (C=O) groups excluding carboxylic acids is 1. The second kappa shape index (κ2) is 7.42. The molecule has 106 valence electrons. The molecule has 0 aromatic carbocycles. The van der Waals surface area contributed by atoms with Crippen LogP contribution in [0.1, 0.15) is 19.1 Å². The molecule has 0 saturated heterocycles. The zero-order valence-electron chi connectivity index (χ0n) is 10.6. The van der Waals surface area contributed by atoms with Crippen LogP contribution in [0.2, 0.25) is 0 Å². The highest BCUT2D eigenvalue weighted by molar-refractivity contribution is 5.76. The number of nitrogens with one attached hydrogen (secondary N) is 2. The van der Waals surface area contributed by atoms with E-state index in [1.165, 1.54) is 0 Å². The molecule has 1 heterocycles. The maximum atomic E-state index is 11.4. The number of hydrogen-bond acceptors (Lipinski definition) is 4. The fourth-order valence-corrected chi connectivity index (χ4v) is 1.44. The van der Waals surface area contributed by atoms with Crippen LogP contribution in [0.3, 0.4) is 0 Å². The number of aryl methyl sites for hydroxylation is 1. The van der Waals surface area contributed by atoms with E-state index in [0.29, 0.717) is 12.8 Å². The van der Waals surface area contributed by atoms with Crippen molar-refractivity contribution >= 4 is 12.0 Å². The van der Waals surface area contributed by atoms with Gasteiger partial charge in [-0.05, 0) is 25.5 Å². The minimum absolute atomic E-state index is 0.0907. The van der Waals surface area contributed by atoms with Gasteiger partial charge in [0.2, 0.25) is 0 Å². The number of aliphatic hydroxyl groups excluding tert-OH is 1. The zero-order chi connectivity index (χ0) is 14.3. The highest BCUT2D eigenvalue weighted by Crippen LogP contribution is 2.05. The summed E-state index contributed by atoms with van der Waals surface area (Å²) in [6.45, 7) is 1.50. The molecule has 0 fully saturated rings. The Morgan fingerprint density at radius 2 is 2.21 bits per heavy atom. The normalized spacial score (nSPS) is 13.6. The van der Waals surface area contributed by atoms with Gasteiger partial charge in [-0.25, -0.2) is 9.59 Å². The minimum Gasteiger partial charge on any atom is -0.479 e. The quantitative estimate of drug-likeness (QED) is 0.571. The van der Waals surface area contributed by atoms with Gasteiger partial charge in [-0.1, -0.05) is 0 Å². The van der Waals surface area contributed by atoms with Crippen molar-refractivity contribution in [2.45, 2.75) is 31.9 Å². The number of carboxylic acid groups (broad SMARTS) is 1. The van der Waals surface area contributed by atoms with Crippen molar-refractivity contribution in [3.63, 3.8) is 0 Å². The number of urea groups is 1. The van der Waals surface area contributed by atoms with E-state index >= 15 is 0 Å². The fraction of sp³-hybridized carbons (Fsp3) is 0.500. The van der Waals surface area contributed by atoms with Crippen LogP contribution in [-0.2, 0) is 11.2 Å². The second-order valence-corrected chi connectivity index (χ2v) is 4.23. The van der Waals surface area contributed by atoms with Crippen LogP contribution in [0.4, 0.5) is 4.79 Å². The Morgan fingerprint density at radius 1 is 1.47 bits per heavy atom. The van der Waals surface area contributed by atoms with Crippen molar-refractivity contribution in [3.8, 4) is 0 Å². The molecule has 0 spiro atoms. The number of carboxylic acids is 1. The van der Waals surface area contributed by atoms with E-state index in [-0.39, 0.29) is 12.6 Å². The Bertz CT molecular complexity index is 404. The Hall–Kier alpha value is -2.02. The molecule has 7 nitrogen and oxygen atoms in total. The van der Waals surface area contributed by atoms with Crippen molar-refractivity contribution < 1.29 is 24.2 Å². The van der Waals surface area contributed by atoms with E-state index in [4.69, 9.17) is 14.6 Å². The number of aliphatic hydroxyl groups is 1. The summed E-state index contributed by atoms with van der Waals surface area (Å²) in [4.78, 5) is 21.7. The Labute approximate surface area is 110 Å². The summed E-state index contributed by atoms with van der Waals surface area (Å²) in [5, 5.41) is 22.3. The topological polar surface area (TPSA) is 112 Å². The van der Waals surface area contributed by atoms with Crippen LogP contribution in [-0.4, -0.2) is 40.9 Å². The van der Waals surface area contributed by atoms with Crippen LogP contribution in [0.5, 0.6) is 0 Å². The molecule has 0 aliphatic carbocycles. The average molecular weight is 270 g/mol. The van der Waals surface area contributed by atoms with Gasteiger partial charge in [0, 0.05) is 12.5 Å². The van der Waals surface area contributed by atoms with Gasteiger partial charge in [-0.15, -0.1) is 0 Å². The molecule has 2 amide bonds. The molecule has 1 aromatic rings. The van der Waals surface area contributed by atoms with Gasteiger partial charge in [0.15, 0.2) is 6.10 Å². The number of carbonyl (C=O) groups is 2. The largest absolute Gasteiger partial charge is 0.479 e. The van der Waals surface area contributed by atoms with Gasteiger partial charge in [0.25, 0.3) is 0 Å². The van der Waals surface area contributed by atoms with Crippen molar-refractivity contribution in [2.75, 3.05) is 6.54 Å². The number of hydrogen-bond donors (Lipinski definition) is 4. The minimum atomic E-state index is -1.59. The number of rotatable bonds is 7. The summed E-state index contributed by atoms with van der Waals surface area (Å²) in [6.07, 6.45) is 1.39. The maximum absolute atomic E-state index is 11.4. The van der Waals surface area contributed by atoms with Crippen molar-refractivity contribution in [1.82, 2.24) is 10.6 Å². The van der Waals surface area contributed by atoms with Gasteiger partial charge >= 0.3 is 12.0 Å². The van der Waals surface area contributed by atoms with Crippen LogP contribution in [0.15, 0.2) is 22.8 Å². The van der Waals surface area contributed by atoms with E-state index in [0.717, 1.165) is 5.76 Å². The first kappa shape index (κ1) is 15.0. The lowest BCUT2D eigenvalue weighted by molar-refractivity contribution is -0.146. The number of aliphatic carboxylic acids is 1. The summed E-state index contributed by atoms with van der Waals surface area (Å²) in [5.74, 6) is -0.526. The lowest BCUT2D eigenvalue weighted by Crippen LogP contribution is -2.45. The molecule has 1 rings (SSSR count). The molecule has 0 saturated carbocycles. The molecule has 7 heteroatoms. The SMILES string of the molecule is CC(CCc1ccco1)NC(=O)NCC(O)C(=O)O. The summed E-state index contributed by atoms with van der Waals surface area (Å²) < 4.78 is 5.17. The standard InChI is InChI=1S/C12H18N2O5/c1-8(4-5-9-3-2-6-19-9)14-12(18)13-7-10(15)11(16)17/h2-3,6,8,10,15H,4-5,7H2,1H3,(H,16,17)(H2,13,14,18). The van der Waals surface area contributed by atoms with Crippen molar-refractivity contribution in [1.29, 1.82) is 0 Å². The van der Waals surface area contributed by atoms with E-state index < -0.39 is 18.1 Å². The van der Waals surface area contributed by atoms with Crippen molar-refractivity contribution in [3.05, 3.63) is 24.2 Å². The van der Waals surface area contributed by atoms with Crippen molar-refractivity contribution in [2.24, 2.45) is 0 Å². The first-order valence-corrected chi connectivity index (χ1v) is 5.96. The predicted molar refractivity (Wildman–Crippen MR) is 66.7 cm³/mol. The Kier molecular flexibility index (Phi) is 5.87.